The number of hydrogen-bond donors (Lipinski definition) is 0. The highest BCUT2D eigenvalue weighted by Crippen LogP contribution is 2.21. The van der Waals surface area contributed by atoms with Gasteiger partial charge in [-0.2, -0.15) is 0 Å². The van der Waals surface area contributed by atoms with Crippen LogP contribution in [0.5, 0.6) is 0 Å². The maximum atomic E-state index is 3.43. The fraction of sp³-hybridized carbons (Fsp3) is 0.263. The molecule has 0 N–H and O–H groups in total. The van der Waals surface area contributed by atoms with E-state index in [9.17, 15) is 0 Å². The van der Waals surface area contributed by atoms with Crippen LogP contribution in [0.1, 0.15) is 26.3 Å². The van der Waals surface area contributed by atoms with Gasteiger partial charge in [0.1, 0.15) is 0 Å². The molecule has 3 aromatic rings. The summed E-state index contributed by atoms with van der Waals surface area (Å²) in [4.78, 5) is 0. The van der Waals surface area contributed by atoms with Gasteiger partial charge in [0, 0.05) is 28.6 Å². The molecule has 0 amide bonds. The maximum absolute atomic E-state index is 3.43. The van der Waals surface area contributed by atoms with Crippen molar-refractivity contribution in [2.75, 3.05) is 0 Å². The molecule has 0 aliphatic carbocycles. The molecule has 3 rings (SSSR count). The Hall–Kier alpha value is -1.54. The van der Waals surface area contributed by atoms with Crippen LogP contribution >= 0.6 is 15.9 Å². The summed E-state index contributed by atoms with van der Waals surface area (Å²) in [5.41, 5.74) is 2.96. The lowest BCUT2D eigenvalue weighted by molar-refractivity contribution is 0.590. The quantitative estimate of drug-likeness (QED) is 0.477. The third kappa shape index (κ3) is 4.21. The topological polar surface area (TPSA) is 4.93 Å². The number of halogens is 1. The molecule has 0 fully saturated rings. The molecule has 0 spiro atoms. The van der Waals surface area contributed by atoms with Crippen LogP contribution in [0.3, 0.4) is 0 Å². The normalized spacial score (nSPS) is 11.1. The molecule has 2 aromatic carbocycles. The van der Waals surface area contributed by atoms with Crippen LogP contribution in [-0.4, -0.2) is 4.57 Å². The van der Waals surface area contributed by atoms with E-state index in [0.29, 0.717) is 5.41 Å². The van der Waals surface area contributed by atoms with Crippen molar-refractivity contribution >= 4 is 26.8 Å². The lowest BCUT2D eigenvalue weighted by Crippen LogP contribution is -2.10. The average molecular weight is 344 g/mol. The van der Waals surface area contributed by atoms with Gasteiger partial charge in [-0.25, -0.2) is 0 Å². The van der Waals surface area contributed by atoms with Gasteiger partial charge in [0.15, 0.2) is 0 Å². The molecule has 110 valence electrons. The van der Waals surface area contributed by atoms with Crippen LogP contribution in [0.25, 0.3) is 10.9 Å². The van der Waals surface area contributed by atoms with Gasteiger partial charge in [0.25, 0.3) is 0 Å². The third-order valence-electron chi connectivity index (χ3n) is 3.49. The minimum absolute atomic E-state index is 0.293. The average Bonchev–Trinajstić information content (AvgIpc) is 2.80. The number of benzene rings is 2. The first-order valence-corrected chi connectivity index (χ1v) is 7.93. The summed E-state index contributed by atoms with van der Waals surface area (Å²) in [7, 11) is 2.05. The minimum atomic E-state index is 0.293. The fourth-order valence-electron chi connectivity index (χ4n) is 2.19. The van der Waals surface area contributed by atoms with Gasteiger partial charge < -0.3 is 4.57 Å². The van der Waals surface area contributed by atoms with Gasteiger partial charge in [-0.3, -0.25) is 0 Å². The molecular weight excluding hydrogens is 322 g/mol. The largest absolute Gasteiger partial charge is 0.351 e. The lowest BCUT2D eigenvalue weighted by atomic mass is 9.87. The second-order valence-corrected chi connectivity index (χ2v) is 7.16. The second-order valence-electron chi connectivity index (χ2n) is 6.25. The molecule has 1 nitrogen and oxygen atoms in total. The van der Waals surface area contributed by atoms with Crippen molar-refractivity contribution in [2.24, 2.45) is 7.05 Å². The highest BCUT2D eigenvalue weighted by Gasteiger charge is 2.11. The monoisotopic (exact) mass is 343 g/mol. The SMILES string of the molecule is CC(C)(C)c1ccccc1.Cn1ccc2cc(Br)ccc21. The van der Waals surface area contributed by atoms with E-state index in [1.165, 1.54) is 16.5 Å². The molecule has 0 atom stereocenters. The Morgan fingerprint density at radius 3 is 2.14 bits per heavy atom. The third-order valence-corrected chi connectivity index (χ3v) is 3.98. The summed E-state index contributed by atoms with van der Waals surface area (Å²) in [5.74, 6) is 0. The van der Waals surface area contributed by atoms with Crippen LogP contribution < -0.4 is 0 Å². The summed E-state index contributed by atoms with van der Waals surface area (Å²) in [6.07, 6.45) is 2.07. The van der Waals surface area contributed by atoms with Gasteiger partial charge in [0.2, 0.25) is 0 Å². The van der Waals surface area contributed by atoms with Gasteiger partial charge >= 0.3 is 0 Å². The van der Waals surface area contributed by atoms with E-state index in [1.807, 2.05) is 0 Å². The van der Waals surface area contributed by atoms with E-state index >= 15 is 0 Å². The van der Waals surface area contributed by atoms with Crippen LogP contribution in [0, 0.1) is 0 Å². The van der Waals surface area contributed by atoms with Gasteiger partial charge in [-0.15, -0.1) is 0 Å². The molecular formula is C19H22BrN. The molecule has 0 saturated carbocycles. The van der Waals surface area contributed by atoms with Crippen LogP contribution in [0.15, 0.2) is 65.3 Å². The molecule has 0 aliphatic heterocycles. The van der Waals surface area contributed by atoms with Crippen LogP contribution in [-0.2, 0) is 12.5 Å². The van der Waals surface area contributed by atoms with Crippen molar-refractivity contribution in [1.82, 2.24) is 4.57 Å². The molecule has 0 bridgehead atoms. The molecule has 0 aliphatic rings. The summed E-state index contributed by atoms with van der Waals surface area (Å²) >= 11 is 3.43. The van der Waals surface area contributed by atoms with Crippen molar-refractivity contribution in [1.29, 1.82) is 0 Å². The smallest absolute Gasteiger partial charge is 0.0478 e. The predicted octanol–water partition coefficient (Wildman–Crippen LogP) is 5.92. The standard InChI is InChI=1S/C10H14.C9H8BrN/c1-10(2,3)9-7-5-4-6-8-9;1-11-5-4-7-6-8(10)2-3-9(7)11/h4-8H,1-3H3;2-6H,1H3. The molecule has 1 aromatic heterocycles. The highest BCUT2D eigenvalue weighted by molar-refractivity contribution is 9.10. The number of rotatable bonds is 0. The Labute approximate surface area is 135 Å². The van der Waals surface area contributed by atoms with Crippen molar-refractivity contribution in [3.63, 3.8) is 0 Å². The van der Waals surface area contributed by atoms with Crippen LogP contribution in [0.2, 0.25) is 0 Å². The zero-order valence-electron chi connectivity index (χ0n) is 13.1. The van der Waals surface area contributed by atoms with Crippen molar-refractivity contribution < 1.29 is 0 Å². The summed E-state index contributed by atoms with van der Waals surface area (Å²) in [5, 5.41) is 1.28. The van der Waals surface area contributed by atoms with E-state index in [1.54, 1.807) is 0 Å². The first-order valence-electron chi connectivity index (χ1n) is 7.14. The fourth-order valence-corrected chi connectivity index (χ4v) is 2.57. The van der Waals surface area contributed by atoms with Crippen molar-refractivity contribution in [3.05, 3.63) is 70.8 Å². The predicted molar refractivity (Wildman–Crippen MR) is 95.8 cm³/mol. The lowest BCUT2D eigenvalue weighted by Gasteiger charge is -2.18. The summed E-state index contributed by atoms with van der Waals surface area (Å²) < 4.78 is 3.25. The van der Waals surface area contributed by atoms with E-state index in [0.717, 1.165) is 4.47 Å². The Balaban J connectivity index is 0.000000155. The Morgan fingerprint density at radius 1 is 0.905 bits per heavy atom. The first kappa shape index (κ1) is 15.8. The minimum Gasteiger partial charge on any atom is -0.351 e. The zero-order valence-corrected chi connectivity index (χ0v) is 14.7. The van der Waals surface area contributed by atoms with Gasteiger partial charge in [0.05, 0.1) is 0 Å². The molecule has 0 radical (unpaired) electrons. The number of aryl methyl sites for hydroxylation is 1. The number of fused-ring (bicyclic) bond motifs is 1. The summed E-state index contributed by atoms with van der Waals surface area (Å²) in [6, 6.07) is 19.0. The van der Waals surface area contributed by atoms with Gasteiger partial charge in [-0.05, 0) is 35.2 Å². The van der Waals surface area contributed by atoms with E-state index < -0.39 is 0 Å². The molecule has 21 heavy (non-hydrogen) atoms. The molecule has 0 saturated heterocycles. The number of aromatic nitrogens is 1. The Bertz CT molecular complexity index is 705. The van der Waals surface area contributed by atoms with E-state index in [2.05, 4.69) is 109 Å². The van der Waals surface area contributed by atoms with E-state index in [-0.39, 0.29) is 0 Å². The highest BCUT2D eigenvalue weighted by atomic mass is 79.9. The molecule has 0 unspecified atom stereocenters. The van der Waals surface area contributed by atoms with Crippen LogP contribution in [0.4, 0.5) is 0 Å². The van der Waals surface area contributed by atoms with E-state index in [4.69, 9.17) is 0 Å². The van der Waals surface area contributed by atoms with Crippen molar-refractivity contribution in [2.45, 2.75) is 26.2 Å². The number of nitrogens with zero attached hydrogens (tertiary/aromatic N) is 1. The molecule has 1 heterocycles. The number of hydrogen-bond acceptors (Lipinski definition) is 0. The van der Waals surface area contributed by atoms with Crippen molar-refractivity contribution in [3.8, 4) is 0 Å². The second kappa shape index (κ2) is 6.48. The van der Waals surface area contributed by atoms with Gasteiger partial charge in [-0.1, -0.05) is 67.0 Å². The molecule has 2 heteroatoms. The Morgan fingerprint density at radius 2 is 1.57 bits per heavy atom. The maximum Gasteiger partial charge on any atom is 0.0478 e. The summed E-state index contributed by atoms with van der Waals surface area (Å²) in [6.45, 7) is 6.67. The first-order chi connectivity index (χ1) is 9.88. The Kier molecular flexibility index (Phi) is 4.89. The zero-order chi connectivity index (χ0) is 15.5.